The monoisotopic (exact) mass is 467 g/mol. The molecule has 0 spiro atoms. The lowest BCUT2D eigenvalue weighted by atomic mass is 10.1. The molecule has 0 saturated heterocycles. The molecule has 1 amide bonds. The fourth-order valence-electron chi connectivity index (χ4n) is 3.38. The summed E-state index contributed by atoms with van der Waals surface area (Å²) < 4.78 is 33.4. The van der Waals surface area contributed by atoms with Gasteiger partial charge < -0.3 is 15.0 Å². The van der Waals surface area contributed by atoms with Gasteiger partial charge in [-0.25, -0.2) is 8.42 Å². The Bertz CT molecular complexity index is 1160. The Labute approximate surface area is 195 Å². The van der Waals surface area contributed by atoms with Gasteiger partial charge in [0, 0.05) is 17.8 Å². The van der Waals surface area contributed by atoms with E-state index in [2.05, 4.69) is 10.0 Å². The first kappa shape index (κ1) is 24.3. The van der Waals surface area contributed by atoms with E-state index in [1.165, 1.54) is 18.2 Å². The van der Waals surface area contributed by atoms with Crippen LogP contribution in [0.5, 0.6) is 5.75 Å². The summed E-state index contributed by atoms with van der Waals surface area (Å²) in [6.45, 7) is 2.77. The third kappa shape index (κ3) is 6.57. The average Bonchev–Trinajstić information content (AvgIpc) is 2.80. The van der Waals surface area contributed by atoms with Crippen molar-refractivity contribution in [2.45, 2.75) is 17.9 Å². The minimum Gasteiger partial charge on any atom is -0.494 e. The van der Waals surface area contributed by atoms with Crippen LogP contribution in [0.3, 0.4) is 0 Å². The number of sulfonamides is 1. The number of likely N-dealkylation sites (N-methyl/N-ethyl adjacent to an activating group) is 1. The maximum absolute atomic E-state index is 12.8. The molecule has 1 atom stereocenters. The lowest BCUT2D eigenvalue weighted by molar-refractivity contribution is 0.0942. The smallest absolute Gasteiger partial charge is 0.261 e. The van der Waals surface area contributed by atoms with Crippen molar-refractivity contribution >= 4 is 21.6 Å². The van der Waals surface area contributed by atoms with E-state index in [9.17, 15) is 13.2 Å². The van der Waals surface area contributed by atoms with Gasteiger partial charge in [0.05, 0.1) is 17.5 Å². The molecule has 0 radical (unpaired) electrons. The quantitative estimate of drug-likeness (QED) is 0.472. The summed E-state index contributed by atoms with van der Waals surface area (Å²) in [6.07, 6.45) is 0. The highest BCUT2D eigenvalue weighted by Gasteiger charge is 2.17. The first-order chi connectivity index (χ1) is 15.8. The second kappa shape index (κ2) is 11.0. The van der Waals surface area contributed by atoms with Gasteiger partial charge in [-0.1, -0.05) is 36.4 Å². The van der Waals surface area contributed by atoms with Gasteiger partial charge in [0.25, 0.3) is 15.9 Å². The minimum absolute atomic E-state index is 0.0106. The van der Waals surface area contributed by atoms with Crippen LogP contribution in [0, 0.1) is 0 Å². The van der Waals surface area contributed by atoms with Crippen LogP contribution in [-0.2, 0) is 10.0 Å². The van der Waals surface area contributed by atoms with E-state index in [-0.39, 0.29) is 16.8 Å². The Kier molecular flexibility index (Phi) is 8.08. The zero-order chi connectivity index (χ0) is 23.8. The number of anilines is 1. The summed E-state index contributed by atoms with van der Waals surface area (Å²) in [6, 6.07) is 22.5. The van der Waals surface area contributed by atoms with Crippen LogP contribution in [0.25, 0.3) is 0 Å². The fraction of sp³-hybridized carbons (Fsp3) is 0.240. The highest BCUT2D eigenvalue weighted by atomic mass is 32.2. The van der Waals surface area contributed by atoms with E-state index in [0.717, 1.165) is 5.56 Å². The molecule has 3 aromatic rings. The third-order valence-electron chi connectivity index (χ3n) is 5.09. The molecule has 0 aliphatic rings. The van der Waals surface area contributed by atoms with Gasteiger partial charge in [0.15, 0.2) is 0 Å². The number of nitrogens with zero attached hydrogens (tertiary/aromatic N) is 1. The highest BCUT2D eigenvalue weighted by Crippen LogP contribution is 2.21. The summed E-state index contributed by atoms with van der Waals surface area (Å²) in [7, 11) is 0.113. The fourth-order valence-corrected chi connectivity index (χ4v) is 4.43. The standard InChI is InChI=1S/C25H29N3O4S/c1-4-32-22-13-15-23(16-14-22)33(30,31)27-21-12-8-11-20(17-21)25(29)26-18-24(28(2)3)19-9-6-5-7-10-19/h5-17,24,27H,4,18H2,1-3H3,(H,26,29)/t24-/m0/s1. The number of hydrogen-bond donors (Lipinski definition) is 2. The summed E-state index contributed by atoms with van der Waals surface area (Å²) in [4.78, 5) is 14.9. The van der Waals surface area contributed by atoms with Crippen molar-refractivity contribution in [2.24, 2.45) is 0 Å². The van der Waals surface area contributed by atoms with Gasteiger partial charge in [0.2, 0.25) is 0 Å². The molecular formula is C25H29N3O4S. The van der Waals surface area contributed by atoms with E-state index in [1.54, 1.807) is 30.3 Å². The molecule has 8 heteroatoms. The van der Waals surface area contributed by atoms with Crippen molar-refractivity contribution in [3.8, 4) is 5.75 Å². The van der Waals surface area contributed by atoms with Gasteiger partial charge in [-0.2, -0.15) is 0 Å². The van der Waals surface area contributed by atoms with Crippen LogP contribution in [0.2, 0.25) is 0 Å². The van der Waals surface area contributed by atoms with Gasteiger partial charge in [-0.15, -0.1) is 0 Å². The van der Waals surface area contributed by atoms with Gasteiger partial charge in [-0.3, -0.25) is 9.52 Å². The maximum Gasteiger partial charge on any atom is 0.261 e. The summed E-state index contributed by atoms with van der Waals surface area (Å²) in [5, 5.41) is 2.95. The number of carbonyl (C=O) groups is 1. The molecule has 2 N–H and O–H groups in total. The summed E-state index contributed by atoms with van der Waals surface area (Å²) in [5.41, 5.74) is 1.77. The molecule has 0 heterocycles. The molecule has 0 aliphatic heterocycles. The second-order valence-corrected chi connectivity index (χ2v) is 9.37. The maximum atomic E-state index is 12.8. The minimum atomic E-state index is -3.80. The lowest BCUT2D eigenvalue weighted by Gasteiger charge is -2.25. The molecule has 33 heavy (non-hydrogen) atoms. The molecule has 3 aromatic carbocycles. The predicted molar refractivity (Wildman–Crippen MR) is 130 cm³/mol. The van der Waals surface area contributed by atoms with Crippen molar-refractivity contribution < 1.29 is 17.9 Å². The summed E-state index contributed by atoms with van der Waals surface area (Å²) >= 11 is 0. The molecule has 0 unspecified atom stereocenters. The molecule has 0 saturated carbocycles. The van der Waals surface area contributed by atoms with Crippen LogP contribution in [0.4, 0.5) is 5.69 Å². The Morgan fingerprint density at radius 3 is 2.30 bits per heavy atom. The summed E-state index contributed by atoms with van der Waals surface area (Å²) in [5.74, 6) is 0.321. The van der Waals surface area contributed by atoms with Gasteiger partial charge >= 0.3 is 0 Å². The lowest BCUT2D eigenvalue weighted by Crippen LogP contribution is -2.34. The zero-order valence-corrected chi connectivity index (χ0v) is 19.8. The van der Waals surface area contributed by atoms with E-state index < -0.39 is 10.0 Å². The average molecular weight is 468 g/mol. The molecule has 174 valence electrons. The number of hydrogen-bond acceptors (Lipinski definition) is 5. The van der Waals surface area contributed by atoms with E-state index in [4.69, 9.17) is 4.74 Å². The van der Waals surface area contributed by atoms with Crippen LogP contribution in [0.1, 0.15) is 28.9 Å². The van der Waals surface area contributed by atoms with Crippen LogP contribution < -0.4 is 14.8 Å². The third-order valence-corrected chi connectivity index (χ3v) is 6.48. The Morgan fingerprint density at radius 1 is 0.970 bits per heavy atom. The Balaban J connectivity index is 1.69. The van der Waals surface area contributed by atoms with Crippen molar-refractivity contribution in [1.29, 1.82) is 0 Å². The number of amides is 1. The number of benzene rings is 3. The largest absolute Gasteiger partial charge is 0.494 e. The van der Waals surface area contributed by atoms with Crippen LogP contribution in [0.15, 0.2) is 83.8 Å². The normalized spacial score (nSPS) is 12.2. The molecular weight excluding hydrogens is 438 g/mol. The van der Waals surface area contributed by atoms with Crippen LogP contribution in [-0.4, -0.2) is 46.5 Å². The van der Waals surface area contributed by atoms with E-state index >= 15 is 0 Å². The number of rotatable bonds is 10. The Morgan fingerprint density at radius 2 is 1.67 bits per heavy atom. The molecule has 3 rings (SSSR count). The van der Waals surface area contributed by atoms with E-state index in [0.29, 0.717) is 30.2 Å². The highest BCUT2D eigenvalue weighted by molar-refractivity contribution is 7.92. The molecule has 0 aromatic heterocycles. The number of nitrogens with one attached hydrogen (secondary N) is 2. The zero-order valence-electron chi connectivity index (χ0n) is 19.0. The van der Waals surface area contributed by atoms with Gasteiger partial charge in [-0.05, 0) is 69.0 Å². The van der Waals surface area contributed by atoms with Crippen molar-refractivity contribution in [1.82, 2.24) is 10.2 Å². The van der Waals surface area contributed by atoms with E-state index in [1.807, 2.05) is 56.3 Å². The number of ether oxygens (including phenoxy) is 1. The second-order valence-electron chi connectivity index (χ2n) is 7.69. The topological polar surface area (TPSA) is 87.7 Å². The predicted octanol–water partition coefficient (Wildman–Crippen LogP) is 3.92. The molecule has 0 fully saturated rings. The first-order valence-electron chi connectivity index (χ1n) is 10.7. The van der Waals surface area contributed by atoms with Crippen LogP contribution >= 0.6 is 0 Å². The molecule has 7 nitrogen and oxygen atoms in total. The Hall–Kier alpha value is -3.36. The van der Waals surface area contributed by atoms with Crippen molar-refractivity contribution in [3.63, 3.8) is 0 Å². The van der Waals surface area contributed by atoms with Crippen molar-refractivity contribution in [3.05, 3.63) is 90.0 Å². The molecule has 0 bridgehead atoms. The number of carbonyl (C=O) groups excluding carboxylic acids is 1. The SMILES string of the molecule is CCOc1ccc(S(=O)(=O)Nc2cccc(C(=O)NC[C@@H](c3ccccc3)N(C)C)c2)cc1. The van der Waals surface area contributed by atoms with Crippen molar-refractivity contribution in [2.75, 3.05) is 32.0 Å². The first-order valence-corrected chi connectivity index (χ1v) is 12.1. The molecule has 0 aliphatic carbocycles. The van der Waals surface area contributed by atoms with Gasteiger partial charge in [0.1, 0.15) is 5.75 Å².